The molecular formula is C21H23NO6S2. The monoisotopic (exact) mass is 449 g/mol. The van der Waals surface area contributed by atoms with Crippen molar-refractivity contribution in [1.82, 2.24) is 4.31 Å². The summed E-state index contributed by atoms with van der Waals surface area (Å²) >= 11 is 1.25. The van der Waals surface area contributed by atoms with Crippen molar-refractivity contribution in [3.63, 3.8) is 0 Å². The lowest BCUT2D eigenvalue weighted by molar-refractivity contribution is -0.170. The third kappa shape index (κ3) is 3.36. The summed E-state index contributed by atoms with van der Waals surface area (Å²) in [6.45, 7) is 5.61. The van der Waals surface area contributed by atoms with E-state index < -0.39 is 39.5 Å². The Bertz CT molecular complexity index is 1030. The van der Waals surface area contributed by atoms with Crippen LogP contribution >= 0.6 is 11.3 Å². The zero-order chi connectivity index (χ0) is 22.1. The van der Waals surface area contributed by atoms with Crippen LogP contribution in [0.25, 0.3) is 0 Å². The Morgan fingerprint density at radius 2 is 1.77 bits per heavy atom. The lowest BCUT2D eigenvalue weighted by atomic mass is 9.78. The molecule has 0 bridgehead atoms. The van der Waals surface area contributed by atoms with Gasteiger partial charge in [0.2, 0.25) is 10.0 Å². The van der Waals surface area contributed by atoms with Gasteiger partial charge in [-0.3, -0.25) is 9.59 Å². The average molecular weight is 450 g/mol. The van der Waals surface area contributed by atoms with E-state index in [0.717, 1.165) is 5.56 Å². The molecule has 1 aliphatic rings. The number of carbonyl (C=O) groups is 2. The summed E-state index contributed by atoms with van der Waals surface area (Å²) in [5.74, 6) is -1.69. The molecule has 0 aliphatic carbocycles. The molecule has 0 amide bonds. The smallest absolute Gasteiger partial charge is 0.325 e. The molecule has 30 heavy (non-hydrogen) atoms. The van der Waals surface area contributed by atoms with Crippen LogP contribution in [0.5, 0.6) is 0 Å². The van der Waals surface area contributed by atoms with Gasteiger partial charge in [-0.2, -0.15) is 4.31 Å². The summed E-state index contributed by atoms with van der Waals surface area (Å²) in [6.07, 6.45) is 1.30. The van der Waals surface area contributed by atoms with Gasteiger partial charge >= 0.3 is 11.9 Å². The average Bonchev–Trinajstić information content (AvgIpc) is 3.39. The second-order valence-electron chi connectivity index (χ2n) is 7.03. The minimum Gasteiger partial charge on any atom is -0.468 e. The molecule has 1 aromatic heterocycles. The minimum absolute atomic E-state index is 0.0621. The van der Waals surface area contributed by atoms with Gasteiger partial charge in [0.05, 0.1) is 25.2 Å². The van der Waals surface area contributed by atoms with E-state index in [9.17, 15) is 18.0 Å². The molecule has 2 aromatic rings. The van der Waals surface area contributed by atoms with Crippen LogP contribution in [0.2, 0.25) is 0 Å². The fraction of sp³-hybridized carbons (Fsp3) is 0.333. The summed E-state index contributed by atoms with van der Waals surface area (Å²) in [7, 11) is -1.76. The maximum Gasteiger partial charge on any atom is 0.325 e. The van der Waals surface area contributed by atoms with Gasteiger partial charge in [0.1, 0.15) is 0 Å². The molecular weight excluding hydrogens is 426 g/mol. The molecule has 2 heterocycles. The van der Waals surface area contributed by atoms with Crippen molar-refractivity contribution >= 4 is 33.3 Å². The molecule has 0 N–H and O–H groups in total. The summed E-state index contributed by atoms with van der Waals surface area (Å²) in [5, 5.41) is 1.76. The topological polar surface area (TPSA) is 90.0 Å². The molecule has 0 spiro atoms. The van der Waals surface area contributed by atoms with Crippen LogP contribution in [0.4, 0.5) is 0 Å². The van der Waals surface area contributed by atoms with Crippen LogP contribution in [-0.4, -0.2) is 44.9 Å². The Kier molecular flexibility index (Phi) is 6.16. The molecule has 9 heteroatoms. The second-order valence-corrected chi connectivity index (χ2v) is 9.85. The normalized spacial score (nSPS) is 21.2. The third-order valence-electron chi connectivity index (χ3n) is 5.36. The summed E-state index contributed by atoms with van der Waals surface area (Å²) < 4.78 is 38.5. The third-order valence-corrected chi connectivity index (χ3v) is 8.19. The van der Waals surface area contributed by atoms with E-state index in [1.807, 2.05) is 6.92 Å². The summed E-state index contributed by atoms with van der Waals surface area (Å²) in [5.41, 5.74) is -0.950. The molecule has 0 radical (unpaired) electrons. The van der Waals surface area contributed by atoms with Crippen molar-refractivity contribution in [2.75, 3.05) is 14.2 Å². The van der Waals surface area contributed by atoms with E-state index in [1.54, 1.807) is 29.6 Å². The van der Waals surface area contributed by atoms with Crippen LogP contribution in [-0.2, 0) is 29.1 Å². The Morgan fingerprint density at radius 1 is 1.17 bits per heavy atom. The van der Waals surface area contributed by atoms with Gasteiger partial charge in [0, 0.05) is 10.9 Å². The highest BCUT2D eigenvalue weighted by Gasteiger charge is 2.66. The lowest BCUT2D eigenvalue weighted by Gasteiger charge is -2.33. The van der Waals surface area contributed by atoms with Crippen LogP contribution in [0.1, 0.15) is 22.9 Å². The summed E-state index contributed by atoms with van der Waals surface area (Å²) in [6, 6.07) is 7.88. The number of esters is 2. The molecule has 1 saturated heterocycles. The number of hydrogen-bond donors (Lipinski definition) is 0. The first-order valence-electron chi connectivity index (χ1n) is 9.17. The van der Waals surface area contributed by atoms with E-state index in [1.165, 1.54) is 48.1 Å². The molecule has 7 nitrogen and oxygen atoms in total. The fourth-order valence-electron chi connectivity index (χ4n) is 3.93. The number of hydrogen-bond acceptors (Lipinski definition) is 7. The van der Waals surface area contributed by atoms with Gasteiger partial charge in [0.25, 0.3) is 0 Å². The number of aryl methyl sites for hydroxylation is 1. The SMILES string of the molecule is C=C[C@H]1CC(C(=O)OC)(C(=O)OC)[C@@H](c2cccs2)N1S(=O)(=O)c1ccc(C)cc1. The summed E-state index contributed by atoms with van der Waals surface area (Å²) in [4.78, 5) is 26.6. The van der Waals surface area contributed by atoms with Gasteiger partial charge in [-0.1, -0.05) is 29.8 Å². The predicted molar refractivity (Wildman–Crippen MR) is 112 cm³/mol. The zero-order valence-corrected chi connectivity index (χ0v) is 18.5. The van der Waals surface area contributed by atoms with Crippen molar-refractivity contribution in [3.8, 4) is 0 Å². The zero-order valence-electron chi connectivity index (χ0n) is 16.9. The number of benzene rings is 1. The van der Waals surface area contributed by atoms with Gasteiger partial charge in [-0.25, -0.2) is 8.42 Å². The Morgan fingerprint density at radius 3 is 2.23 bits per heavy atom. The number of ether oxygens (including phenoxy) is 2. The molecule has 0 saturated carbocycles. The van der Waals surface area contributed by atoms with Gasteiger partial charge in [0.15, 0.2) is 5.41 Å². The Balaban J connectivity index is 2.29. The minimum atomic E-state index is -4.09. The first-order chi connectivity index (χ1) is 14.2. The van der Waals surface area contributed by atoms with E-state index >= 15 is 0 Å². The van der Waals surface area contributed by atoms with Gasteiger partial charge in [-0.15, -0.1) is 17.9 Å². The first kappa shape index (κ1) is 22.2. The molecule has 3 rings (SSSR count). The van der Waals surface area contributed by atoms with Crippen LogP contribution in [0.15, 0.2) is 59.3 Å². The maximum absolute atomic E-state index is 13.7. The van der Waals surface area contributed by atoms with Crippen LogP contribution < -0.4 is 0 Å². The van der Waals surface area contributed by atoms with Crippen LogP contribution in [0, 0.1) is 12.3 Å². The van der Waals surface area contributed by atoms with Crippen LogP contribution in [0.3, 0.4) is 0 Å². The maximum atomic E-state index is 13.7. The Hall–Kier alpha value is -2.49. The number of thiophene rings is 1. The number of carbonyl (C=O) groups excluding carboxylic acids is 2. The highest BCUT2D eigenvalue weighted by molar-refractivity contribution is 7.89. The largest absolute Gasteiger partial charge is 0.468 e. The van der Waals surface area contributed by atoms with E-state index in [-0.39, 0.29) is 11.3 Å². The molecule has 0 unspecified atom stereocenters. The van der Waals surface area contributed by atoms with Crippen molar-refractivity contribution in [2.24, 2.45) is 5.41 Å². The number of nitrogens with zero attached hydrogens (tertiary/aromatic N) is 1. The number of rotatable bonds is 6. The highest BCUT2D eigenvalue weighted by Crippen LogP contribution is 2.55. The van der Waals surface area contributed by atoms with E-state index in [4.69, 9.17) is 9.47 Å². The van der Waals surface area contributed by atoms with Crippen molar-refractivity contribution < 1.29 is 27.5 Å². The molecule has 1 fully saturated rings. The Labute approximate surface area is 180 Å². The van der Waals surface area contributed by atoms with Gasteiger partial charge < -0.3 is 9.47 Å². The fourth-order valence-corrected chi connectivity index (χ4v) is 6.72. The van der Waals surface area contributed by atoms with Crippen molar-refractivity contribution in [1.29, 1.82) is 0 Å². The highest BCUT2D eigenvalue weighted by atomic mass is 32.2. The van der Waals surface area contributed by atoms with E-state index in [0.29, 0.717) is 4.88 Å². The molecule has 1 aromatic carbocycles. The van der Waals surface area contributed by atoms with Gasteiger partial charge in [-0.05, 0) is 36.9 Å². The number of sulfonamides is 1. The molecule has 2 atom stereocenters. The first-order valence-corrected chi connectivity index (χ1v) is 11.5. The standard InChI is InChI=1S/C21H23NO6S2/c1-5-15-13-21(19(23)27-3,20(24)28-4)18(17-7-6-12-29-17)22(15)30(25,26)16-10-8-14(2)9-11-16/h5-12,15,18H,1,13H2,2-4H3/t15-,18+/m0/s1. The predicted octanol–water partition coefficient (Wildman–Crippen LogP) is 3.08. The quantitative estimate of drug-likeness (QED) is 0.382. The van der Waals surface area contributed by atoms with Crippen molar-refractivity contribution in [2.45, 2.75) is 30.3 Å². The number of methoxy groups -OCH3 is 2. The molecule has 1 aliphatic heterocycles. The second kappa shape index (κ2) is 8.33. The molecule has 160 valence electrons. The van der Waals surface area contributed by atoms with E-state index in [2.05, 4.69) is 6.58 Å². The lowest BCUT2D eigenvalue weighted by Crippen LogP contribution is -2.46. The van der Waals surface area contributed by atoms with Crippen molar-refractivity contribution in [3.05, 3.63) is 64.9 Å².